The molecule has 0 saturated heterocycles. The van der Waals surface area contributed by atoms with Gasteiger partial charge in [0.15, 0.2) is 5.82 Å². The summed E-state index contributed by atoms with van der Waals surface area (Å²) in [6, 6.07) is 8.97. The van der Waals surface area contributed by atoms with Gasteiger partial charge in [0.05, 0.1) is 13.2 Å². The lowest BCUT2D eigenvalue weighted by molar-refractivity contribution is -0.152. The third-order valence-electron chi connectivity index (χ3n) is 2.60. The van der Waals surface area contributed by atoms with E-state index in [4.69, 9.17) is 11.6 Å². The van der Waals surface area contributed by atoms with Crippen LogP contribution in [0.25, 0.3) is 0 Å². The molecule has 0 fully saturated rings. The van der Waals surface area contributed by atoms with Gasteiger partial charge in [-0.05, 0) is 24.6 Å². The second-order valence-corrected chi connectivity index (χ2v) is 4.64. The highest BCUT2D eigenvalue weighted by molar-refractivity contribution is 6.37. The Hall–Kier alpha value is -2.34. The third kappa shape index (κ3) is 4.32. The molecule has 6 nitrogen and oxygen atoms in total. The van der Waals surface area contributed by atoms with Crippen LogP contribution in [0.5, 0.6) is 0 Å². The summed E-state index contributed by atoms with van der Waals surface area (Å²) in [6.45, 7) is 2.32. The first-order valence-electron chi connectivity index (χ1n) is 6.34. The van der Waals surface area contributed by atoms with Crippen molar-refractivity contribution in [3.63, 3.8) is 0 Å². The molecule has 1 N–H and O–H groups in total. The summed E-state index contributed by atoms with van der Waals surface area (Å²) in [5.74, 6) is -1.47. The van der Waals surface area contributed by atoms with E-state index in [0.29, 0.717) is 17.4 Å². The number of carbonyl (C=O) groups excluding carboxylic acids is 2. The van der Waals surface area contributed by atoms with E-state index in [-0.39, 0.29) is 6.61 Å². The van der Waals surface area contributed by atoms with Crippen molar-refractivity contribution < 1.29 is 14.3 Å². The van der Waals surface area contributed by atoms with E-state index in [9.17, 15) is 9.59 Å². The Balaban J connectivity index is 1.96. The number of nitrogens with one attached hydrogen (secondary N) is 1. The van der Waals surface area contributed by atoms with E-state index in [1.54, 1.807) is 36.0 Å². The summed E-state index contributed by atoms with van der Waals surface area (Å²) in [7, 11) is 0. The number of hydrogen-bond acceptors (Lipinski definition) is 4. The molecule has 0 unspecified atom stereocenters. The van der Waals surface area contributed by atoms with Gasteiger partial charge in [0.2, 0.25) is 0 Å². The zero-order chi connectivity index (χ0) is 15.2. The number of aromatic nitrogens is 2. The molecule has 0 bridgehead atoms. The Kier molecular flexibility index (Phi) is 4.94. The molecule has 0 aliphatic rings. The number of halogens is 1. The highest BCUT2D eigenvalue weighted by atomic mass is 35.5. The van der Waals surface area contributed by atoms with E-state index in [2.05, 4.69) is 15.2 Å². The lowest BCUT2D eigenvalue weighted by atomic mass is 10.2. The Morgan fingerprint density at radius 1 is 1.29 bits per heavy atom. The minimum Gasteiger partial charge on any atom is -0.459 e. The highest BCUT2D eigenvalue weighted by Gasteiger charge is 2.15. The number of anilines is 1. The number of rotatable bonds is 4. The van der Waals surface area contributed by atoms with Gasteiger partial charge >= 0.3 is 11.9 Å². The number of amides is 1. The molecule has 2 aromatic rings. The summed E-state index contributed by atoms with van der Waals surface area (Å²) in [6.07, 6.45) is 1.70. The van der Waals surface area contributed by atoms with Crippen LogP contribution >= 0.6 is 11.6 Å². The topological polar surface area (TPSA) is 73.2 Å². The molecular weight excluding hydrogens is 294 g/mol. The fourth-order valence-corrected chi connectivity index (χ4v) is 1.78. The van der Waals surface area contributed by atoms with Crippen molar-refractivity contribution in [2.75, 3.05) is 11.9 Å². The molecule has 0 radical (unpaired) electrons. The van der Waals surface area contributed by atoms with Crippen LogP contribution in [0.4, 0.5) is 5.82 Å². The number of benzene rings is 1. The minimum absolute atomic E-state index is 0.150. The maximum Gasteiger partial charge on any atom is 0.397 e. The molecule has 0 atom stereocenters. The standard InChI is InChI=1S/C14H14ClN3O3/c1-2-21-14(20)13(19)16-12-7-8-18(17-12)9-10-3-5-11(15)6-4-10/h3-8H,2,9H2,1H3,(H,16,17,19). The summed E-state index contributed by atoms with van der Waals surface area (Å²) < 4.78 is 6.23. The Morgan fingerprint density at radius 2 is 2.00 bits per heavy atom. The van der Waals surface area contributed by atoms with Crippen molar-refractivity contribution in [1.29, 1.82) is 0 Å². The van der Waals surface area contributed by atoms with Crippen LogP contribution in [-0.2, 0) is 20.9 Å². The number of nitrogens with zero attached hydrogens (tertiary/aromatic N) is 2. The van der Waals surface area contributed by atoms with Crippen LogP contribution in [0.2, 0.25) is 5.02 Å². The molecule has 7 heteroatoms. The van der Waals surface area contributed by atoms with Crippen LogP contribution < -0.4 is 5.32 Å². The predicted octanol–water partition coefficient (Wildman–Crippen LogP) is 2.09. The smallest absolute Gasteiger partial charge is 0.397 e. The number of carbonyl (C=O) groups is 2. The molecule has 2 rings (SSSR count). The first kappa shape index (κ1) is 15.1. The van der Waals surface area contributed by atoms with Gasteiger partial charge in [-0.2, -0.15) is 5.10 Å². The van der Waals surface area contributed by atoms with Crippen molar-refractivity contribution in [3.05, 3.63) is 47.1 Å². The number of hydrogen-bond donors (Lipinski definition) is 1. The van der Waals surface area contributed by atoms with Gasteiger partial charge in [-0.3, -0.25) is 14.8 Å². The molecule has 1 aromatic carbocycles. The van der Waals surface area contributed by atoms with E-state index >= 15 is 0 Å². The first-order valence-corrected chi connectivity index (χ1v) is 6.72. The zero-order valence-corrected chi connectivity index (χ0v) is 12.1. The van der Waals surface area contributed by atoms with Crippen molar-refractivity contribution in [1.82, 2.24) is 9.78 Å². The number of esters is 1. The summed E-state index contributed by atoms with van der Waals surface area (Å²) >= 11 is 5.82. The van der Waals surface area contributed by atoms with E-state index in [1.807, 2.05) is 12.1 Å². The van der Waals surface area contributed by atoms with Crippen LogP contribution in [0.1, 0.15) is 12.5 Å². The van der Waals surface area contributed by atoms with E-state index in [0.717, 1.165) is 5.56 Å². The molecule has 1 aromatic heterocycles. The molecule has 110 valence electrons. The molecular formula is C14H14ClN3O3. The van der Waals surface area contributed by atoms with Gasteiger partial charge in [-0.25, -0.2) is 4.79 Å². The lowest BCUT2D eigenvalue weighted by Crippen LogP contribution is -2.25. The molecule has 1 heterocycles. The maximum absolute atomic E-state index is 11.5. The summed E-state index contributed by atoms with van der Waals surface area (Å²) in [5, 5.41) is 7.20. The Morgan fingerprint density at radius 3 is 2.67 bits per heavy atom. The van der Waals surface area contributed by atoms with Gasteiger partial charge in [0.1, 0.15) is 0 Å². The van der Waals surface area contributed by atoms with Crippen LogP contribution in [0, 0.1) is 0 Å². The maximum atomic E-state index is 11.5. The first-order chi connectivity index (χ1) is 10.1. The largest absolute Gasteiger partial charge is 0.459 e. The quantitative estimate of drug-likeness (QED) is 0.693. The number of ether oxygens (including phenoxy) is 1. The van der Waals surface area contributed by atoms with E-state index < -0.39 is 11.9 Å². The Labute approximate surface area is 126 Å². The third-order valence-corrected chi connectivity index (χ3v) is 2.85. The second-order valence-electron chi connectivity index (χ2n) is 4.20. The van der Waals surface area contributed by atoms with Gasteiger partial charge in [0.25, 0.3) is 0 Å². The molecule has 21 heavy (non-hydrogen) atoms. The predicted molar refractivity (Wildman–Crippen MR) is 78.0 cm³/mol. The van der Waals surface area contributed by atoms with Gasteiger partial charge in [0, 0.05) is 17.3 Å². The average Bonchev–Trinajstić information content (AvgIpc) is 2.89. The lowest BCUT2D eigenvalue weighted by Gasteiger charge is -2.03. The monoisotopic (exact) mass is 307 g/mol. The molecule has 0 spiro atoms. The summed E-state index contributed by atoms with van der Waals surface area (Å²) in [4.78, 5) is 22.7. The highest BCUT2D eigenvalue weighted by Crippen LogP contribution is 2.11. The molecule has 0 aliphatic carbocycles. The molecule has 1 amide bonds. The van der Waals surface area contributed by atoms with E-state index in [1.165, 1.54) is 0 Å². The normalized spacial score (nSPS) is 10.2. The van der Waals surface area contributed by atoms with Crippen molar-refractivity contribution in [2.24, 2.45) is 0 Å². The molecule has 0 aliphatic heterocycles. The van der Waals surface area contributed by atoms with Crippen LogP contribution in [-0.4, -0.2) is 28.3 Å². The SMILES string of the molecule is CCOC(=O)C(=O)Nc1ccn(Cc2ccc(Cl)cc2)n1. The zero-order valence-electron chi connectivity index (χ0n) is 11.4. The fraction of sp³-hybridized carbons (Fsp3) is 0.214. The van der Waals surface area contributed by atoms with Gasteiger partial charge in [-0.15, -0.1) is 0 Å². The van der Waals surface area contributed by atoms with Crippen molar-refractivity contribution in [3.8, 4) is 0 Å². The van der Waals surface area contributed by atoms with Crippen molar-refractivity contribution >= 4 is 29.3 Å². The fourth-order valence-electron chi connectivity index (χ4n) is 1.66. The summed E-state index contributed by atoms with van der Waals surface area (Å²) in [5.41, 5.74) is 1.02. The van der Waals surface area contributed by atoms with Gasteiger partial charge in [-0.1, -0.05) is 23.7 Å². The van der Waals surface area contributed by atoms with Gasteiger partial charge < -0.3 is 4.74 Å². The minimum atomic E-state index is -0.926. The van der Waals surface area contributed by atoms with Crippen molar-refractivity contribution in [2.45, 2.75) is 13.5 Å². The van der Waals surface area contributed by atoms with Crippen LogP contribution in [0.15, 0.2) is 36.5 Å². The molecule has 0 saturated carbocycles. The second kappa shape index (κ2) is 6.90. The van der Waals surface area contributed by atoms with Crippen LogP contribution in [0.3, 0.4) is 0 Å². The Bertz CT molecular complexity index is 637. The average molecular weight is 308 g/mol.